The Balaban J connectivity index is 3.15. The molecule has 0 aliphatic rings. The predicted molar refractivity (Wildman–Crippen MR) is 39.6 cm³/mol. The van der Waals surface area contributed by atoms with E-state index in [9.17, 15) is 13.2 Å². The van der Waals surface area contributed by atoms with Gasteiger partial charge in [-0.05, 0) is 0 Å². The third-order valence-electron chi connectivity index (χ3n) is 1.65. The van der Waals surface area contributed by atoms with Crippen LogP contribution in [0.2, 0.25) is 0 Å². The molecule has 1 rings (SSSR count). The molecule has 1 aromatic rings. The Kier molecular flexibility index (Phi) is 2.87. The number of aromatic nitrogens is 1. The van der Waals surface area contributed by atoms with Crippen molar-refractivity contribution in [3.63, 3.8) is 0 Å². The van der Waals surface area contributed by atoms with Crippen LogP contribution in [0, 0.1) is 17.6 Å². The van der Waals surface area contributed by atoms with Crippen LogP contribution in [0.4, 0.5) is 13.2 Å². The lowest BCUT2D eigenvalue weighted by Gasteiger charge is -2.08. The van der Waals surface area contributed by atoms with Crippen molar-refractivity contribution in [2.75, 3.05) is 6.61 Å². The molecule has 0 bridgehead atoms. The Morgan fingerprint density at radius 2 is 2.00 bits per heavy atom. The van der Waals surface area contributed by atoms with Gasteiger partial charge in [0, 0.05) is 12.0 Å². The van der Waals surface area contributed by atoms with Crippen LogP contribution in [0.3, 0.4) is 0 Å². The average Bonchev–Trinajstić information content (AvgIpc) is 2.10. The fourth-order valence-corrected chi connectivity index (χ4v) is 0.889. The van der Waals surface area contributed by atoms with Crippen LogP contribution in [0.1, 0.15) is 18.5 Å². The highest BCUT2D eigenvalue weighted by atomic mass is 19.2. The maximum atomic E-state index is 12.9. The van der Waals surface area contributed by atoms with Crippen LogP contribution in [-0.4, -0.2) is 16.7 Å². The van der Waals surface area contributed by atoms with Crippen LogP contribution in [-0.2, 0) is 0 Å². The SMILES string of the molecule is CC(CO)c1nc(F)c(F)cc1F. The highest BCUT2D eigenvalue weighted by Crippen LogP contribution is 2.17. The molecule has 0 fully saturated rings. The normalized spacial score (nSPS) is 13.0. The lowest BCUT2D eigenvalue weighted by molar-refractivity contribution is 0.266. The Morgan fingerprint density at radius 1 is 1.38 bits per heavy atom. The molecule has 1 N–H and O–H groups in total. The zero-order valence-electron chi connectivity index (χ0n) is 6.89. The van der Waals surface area contributed by atoms with Crippen molar-refractivity contribution in [3.05, 3.63) is 29.3 Å². The molecule has 0 amide bonds. The molecule has 0 saturated carbocycles. The minimum atomic E-state index is -1.35. The number of aliphatic hydroxyl groups excluding tert-OH is 1. The van der Waals surface area contributed by atoms with Crippen molar-refractivity contribution in [3.8, 4) is 0 Å². The van der Waals surface area contributed by atoms with Crippen molar-refractivity contribution < 1.29 is 18.3 Å². The van der Waals surface area contributed by atoms with E-state index < -0.39 is 23.5 Å². The summed E-state index contributed by atoms with van der Waals surface area (Å²) in [6.07, 6.45) is 0. The standard InChI is InChI=1S/C8H8F3NO/c1-4(3-13)7-5(9)2-6(10)8(11)12-7/h2,4,13H,3H2,1H3. The van der Waals surface area contributed by atoms with Gasteiger partial charge in [0.2, 0.25) is 5.95 Å². The molecule has 5 heteroatoms. The molecule has 1 atom stereocenters. The molecule has 0 aliphatic heterocycles. The number of halogens is 3. The fraction of sp³-hybridized carbons (Fsp3) is 0.375. The van der Waals surface area contributed by atoms with Gasteiger partial charge in [0.25, 0.3) is 0 Å². The lowest BCUT2D eigenvalue weighted by Crippen LogP contribution is -2.07. The molecule has 2 nitrogen and oxygen atoms in total. The van der Waals surface area contributed by atoms with Gasteiger partial charge in [-0.1, -0.05) is 6.92 Å². The Bertz CT molecular complexity index is 317. The first kappa shape index (κ1) is 9.98. The largest absolute Gasteiger partial charge is 0.396 e. The summed E-state index contributed by atoms with van der Waals surface area (Å²) in [5, 5.41) is 8.65. The molecular weight excluding hydrogens is 183 g/mol. The number of pyridine rings is 1. The van der Waals surface area contributed by atoms with Gasteiger partial charge < -0.3 is 5.11 Å². The van der Waals surface area contributed by atoms with Gasteiger partial charge in [0.05, 0.1) is 12.3 Å². The number of hydrogen-bond acceptors (Lipinski definition) is 2. The minimum Gasteiger partial charge on any atom is -0.396 e. The monoisotopic (exact) mass is 191 g/mol. The van der Waals surface area contributed by atoms with E-state index in [4.69, 9.17) is 5.11 Å². The molecule has 0 aliphatic carbocycles. The number of hydrogen-bond donors (Lipinski definition) is 1. The van der Waals surface area contributed by atoms with Gasteiger partial charge in [0.1, 0.15) is 5.82 Å². The fourth-order valence-electron chi connectivity index (χ4n) is 0.889. The summed E-state index contributed by atoms with van der Waals surface area (Å²) < 4.78 is 37.8. The zero-order valence-corrected chi connectivity index (χ0v) is 6.89. The summed E-state index contributed by atoms with van der Waals surface area (Å²) >= 11 is 0. The van der Waals surface area contributed by atoms with Crippen LogP contribution >= 0.6 is 0 Å². The van der Waals surface area contributed by atoms with Crippen LogP contribution in [0.5, 0.6) is 0 Å². The van der Waals surface area contributed by atoms with E-state index in [2.05, 4.69) is 4.98 Å². The first-order chi connectivity index (χ1) is 6.06. The van der Waals surface area contributed by atoms with Crippen LogP contribution in [0.25, 0.3) is 0 Å². The van der Waals surface area contributed by atoms with Gasteiger partial charge in [-0.2, -0.15) is 4.39 Å². The highest BCUT2D eigenvalue weighted by molar-refractivity contribution is 5.13. The van der Waals surface area contributed by atoms with Gasteiger partial charge in [-0.25, -0.2) is 13.8 Å². The van der Waals surface area contributed by atoms with E-state index in [0.29, 0.717) is 6.07 Å². The van der Waals surface area contributed by atoms with E-state index >= 15 is 0 Å². The van der Waals surface area contributed by atoms with Crippen molar-refractivity contribution in [1.82, 2.24) is 4.98 Å². The molecule has 1 aromatic heterocycles. The summed E-state index contributed by atoms with van der Waals surface area (Å²) in [6, 6.07) is 0.420. The molecule has 1 unspecified atom stereocenters. The van der Waals surface area contributed by atoms with Crippen molar-refractivity contribution in [1.29, 1.82) is 0 Å². The summed E-state index contributed by atoms with van der Waals surface area (Å²) in [4.78, 5) is 3.07. The van der Waals surface area contributed by atoms with Gasteiger partial charge >= 0.3 is 0 Å². The van der Waals surface area contributed by atoms with Crippen molar-refractivity contribution in [2.24, 2.45) is 0 Å². The van der Waals surface area contributed by atoms with Gasteiger partial charge in [-0.3, -0.25) is 0 Å². The van der Waals surface area contributed by atoms with E-state index in [0.717, 1.165) is 0 Å². The minimum absolute atomic E-state index is 0.263. The zero-order chi connectivity index (χ0) is 10.0. The summed E-state index contributed by atoms with van der Waals surface area (Å²) in [7, 11) is 0. The maximum Gasteiger partial charge on any atom is 0.249 e. The van der Waals surface area contributed by atoms with E-state index in [1.165, 1.54) is 6.92 Å². The topological polar surface area (TPSA) is 33.1 Å². The lowest BCUT2D eigenvalue weighted by atomic mass is 10.1. The first-order valence-electron chi connectivity index (χ1n) is 3.68. The van der Waals surface area contributed by atoms with Crippen molar-refractivity contribution >= 4 is 0 Å². The third kappa shape index (κ3) is 1.98. The van der Waals surface area contributed by atoms with Gasteiger partial charge in [-0.15, -0.1) is 0 Å². The van der Waals surface area contributed by atoms with Gasteiger partial charge in [0.15, 0.2) is 5.82 Å². The third-order valence-corrected chi connectivity index (χ3v) is 1.65. The van der Waals surface area contributed by atoms with Crippen LogP contribution in [0.15, 0.2) is 6.07 Å². The highest BCUT2D eigenvalue weighted by Gasteiger charge is 2.16. The number of nitrogens with zero attached hydrogens (tertiary/aromatic N) is 1. The number of rotatable bonds is 2. The second kappa shape index (κ2) is 3.74. The Morgan fingerprint density at radius 3 is 2.54 bits per heavy atom. The van der Waals surface area contributed by atoms with E-state index in [-0.39, 0.29) is 12.3 Å². The molecular formula is C8H8F3NO. The molecule has 13 heavy (non-hydrogen) atoms. The smallest absolute Gasteiger partial charge is 0.249 e. The van der Waals surface area contributed by atoms with E-state index in [1.54, 1.807) is 0 Å². The summed E-state index contributed by atoms with van der Waals surface area (Å²) in [6.45, 7) is 1.09. The molecule has 0 aromatic carbocycles. The first-order valence-corrected chi connectivity index (χ1v) is 3.68. The molecule has 0 radical (unpaired) electrons. The Hall–Kier alpha value is -1.10. The predicted octanol–water partition coefficient (Wildman–Crippen LogP) is 1.59. The van der Waals surface area contributed by atoms with E-state index in [1.807, 2.05) is 0 Å². The summed E-state index contributed by atoms with van der Waals surface area (Å²) in [5.41, 5.74) is -0.263. The Labute approximate surface area is 73.0 Å². The van der Waals surface area contributed by atoms with Crippen LogP contribution < -0.4 is 0 Å². The quantitative estimate of drug-likeness (QED) is 0.720. The summed E-state index contributed by atoms with van der Waals surface area (Å²) in [5.74, 6) is -4.27. The molecule has 72 valence electrons. The second-order valence-electron chi connectivity index (χ2n) is 2.71. The molecule has 1 heterocycles. The average molecular weight is 191 g/mol. The maximum absolute atomic E-state index is 12.9. The molecule has 0 spiro atoms. The molecule has 0 saturated heterocycles. The second-order valence-corrected chi connectivity index (χ2v) is 2.71. The van der Waals surface area contributed by atoms with Crippen molar-refractivity contribution in [2.45, 2.75) is 12.8 Å². The number of aliphatic hydroxyl groups is 1.